The first-order valence-corrected chi connectivity index (χ1v) is 3.08. The second kappa shape index (κ2) is 11.7. The van der Waals surface area contributed by atoms with Crippen molar-refractivity contribution >= 4 is 22.0 Å². The first-order valence-electron chi connectivity index (χ1n) is 3.08. The summed E-state index contributed by atoms with van der Waals surface area (Å²) in [6.45, 7) is 0. The molecule has 0 amide bonds. The average Bonchev–Trinajstić information content (AvgIpc) is 2.13. The molecule has 0 radical (unpaired) electrons. The minimum atomic E-state index is 1.32. The van der Waals surface area contributed by atoms with Crippen LogP contribution in [0.1, 0.15) is 0 Å². The molecule has 0 aliphatic rings. The molecule has 11 heavy (non-hydrogen) atoms. The zero-order valence-corrected chi connectivity index (χ0v) is 6.70. The first-order chi connectivity index (χ1) is 5.39. The van der Waals surface area contributed by atoms with E-state index in [1.165, 1.54) is 4.24 Å². The summed E-state index contributed by atoms with van der Waals surface area (Å²) in [5.41, 5.74) is 0. The van der Waals surface area contributed by atoms with E-state index in [2.05, 4.69) is 55.5 Å². The maximum atomic E-state index is 4.00. The summed E-state index contributed by atoms with van der Waals surface area (Å²) >= 11 is 2.08. The fourth-order valence-electron chi connectivity index (χ4n) is 0.534. The molecule has 1 rings (SSSR count). The van der Waals surface area contributed by atoms with Crippen molar-refractivity contribution in [3.05, 3.63) is 30.3 Å². The first kappa shape index (κ1) is 12.6. The van der Waals surface area contributed by atoms with Crippen molar-refractivity contribution in [1.29, 1.82) is 0 Å². The van der Waals surface area contributed by atoms with Gasteiger partial charge in [0.1, 0.15) is 0 Å². The molecule has 0 aromatic heterocycles. The van der Waals surface area contributed by atoms with Crippen LogP contribution in [-0.2, 0) is 0 Å². The maximum absolute atomic E-state index is 4.00. The molecule has 0 heterocycles. The van der Waals surface area contributed by atoms with E-state index in [0.29, 0.717) is 0 Å². The molecule has 50 valence electrons. The van der Waals surface area contributed by atoms with Crippen LogP contribution in [0.3, 0.4) is 0 Å². The number of rotatable bonds is 0. The van der Waals surface area contributed by atoms with E-state index in [4.69, 9.17) is 0 Å². The molecule has 0 atom stereocenters. The summed E-state index contributed by atoms with van der Waals surface area (Å²) in [7, 11) is 0. The Bertz CT molecular complexity index is 190. The molecule has 1 heteroatoms. The van der Waals surface area contributed by atoms with Gasteiger partial charge in [0.05, 0.1) is 0 Å². The van der Waals surface area contributed by atoms with Gasteiger partial charge in [0, 0.05) is 0 Å². The predicted octanol–water partition coefficient (Wildman–Crippen LogP) is 0.979. The van der Waals surface area contributed by atoms with Crippen molar-refractivity contribution < 1.29 is 0 Å². The van der Waals surface area contributed by atoms with Crippen LogP contribution in [0.25, 0.3) is 0 Å². The van der Waals surface area contributed by atoms with Crippen LogP contribution in [0.15, 0.2) is 30.3 Å². The molecular weight excluding hydrogens is 127 g/mol. The summed E-state index contributed by atoms with van der Waals surface area (Å²) in [5.74, 6) is 0. The zero-order chi connectivity index (χ0) is 9.11. The van der Waals surface area contributed by atoms with E-state index in [-0.39, 0.29) is 0 Å². The van der Waals surface area contributed by atoms with Crippen molar-refractivity contribution in [2.45, 2.75) is 0 Å². The molecule has 0 nitrogen and oxygen atoms in total. The van der Waals surface area contributed by atoms with Crippen LogP contribution >= 0.6 is 0 Å². The van der Waals surface area contributed by atoms with E-state index in [0.717, 1.165) is 0 Å². The van der Waals surface area contributed by atoms with Gasteiger partial charge in [0.15, 0.2) is 0 Å². The Morgan fingerprint density at radius 3 is 1.36 bits per heavy atom. The summed E-state index contributed by atoms with van der Waals surface area (Å²) in [5, 5.41) is 0. The van der Waals surface area contributed by atoms with Crippen molar-refractivity contribution in [1.82, 2.24) is 0 Å². The Kier molecular flexibility index (Phi) is 13.4. The molecule has 1 aromatic rings. The molecule has 0 saturated heterocycles. The third-order valence-electron chi connectivity index (χ3n) is 0.940. The molecule has 0 saturated carbocycles. The van der Waals surface area contributed by atoms with Gasteiger partial charge in [-0.15, -0.1) is 25.7 Å². The van der Waals surface area contributed by atoms with Gasteiger partial charge < -0.3 is 0 Å². The predicted molar refractivity (Wildman–Crippen MR) is 51.6 cm³/mol. The Morgan fingerprint density at radius 2 is 1.18 bits per heavy atom. The van der Waals surface area contributed by atoms with Gasteiger partial charge in [0.25, 0.3) is 0 Å². The van der Waals surface area contributed by atoms with E-state index in [9.17, 15) is 0 Å². The Labute approximate surface area is 78.2 Å². The van der Waals surface area contributed by atoms with Crippen molar-refractivity contribution in [3.8, 4) is 25.7 Å². The van der Waals surface area contributed by atoms with E-state index in [1.807, 2.05) is 18.2 Å². The quantitative estimate of drug-likeness (QED) is 0.368. The van der Waals surface area contributed by atoms with E-state index in [1.54, 1.807) is 0 Å². The summed E-state index contributed by atoms with van der Waals surface area (Å²) in [6.07, 6.45) is 16.0. The van der Waals surface area contributed by atoms with Gasteiger partial charge in [-0.1, -0.05) is 0 Å². The van der Waals surface area contributed by atoms with Gasteiger partial charge in [-0.2, -0.15) is 0 Å². The van der Waals surface area contributed by atoms with Gasteiger partial charge >= 0.3 is 52.3 Å². The normalized spacial score (nSPS) is 6.00. The van der Waals surface area contributed by atoms with Crippen LogP contribution < -0.4 is 4.24 Å². The van der Waals surface area contributed by atoms with Gasteiger partial charge in [-0.3, -0.25) is 0 Å². The monoisotopic (exact) mass is 136 g/mol. The zero-order valence-electron chi connectivity index (χ0n) is 6.70. The van der Waals surface area contributed by atoms with Crippen molar-refractivity contribution in [3.63, 3.8) is 0 Å². The number of benzene rings is 1. The van der Waals surface area contributed by atoms with Crippen molar-refractivity contribution in [2.75, 3.05) is 0 Å². The second-order valence-corrected chi connectivity index (χ2v) is 1.65. The molecule has 0 fully saturated rings. The van der Waals surface area contributed by atoms with Crippen LogP contribution in [0.4, 0.5) is 0 Å². The summed E-state index contributed by atoms with van der Waals surface area (Å²) in [6, 6.07) is 10.3. The van der Waals surface area contributed by atoms with Crippen LogP contribution in [0, 0.1) is 25.7 Å². The SMILES string of the molecule is C#C.C#C.[Li][c]1ccccc1. The third kappa shape index (κ3) is 8.94. The molecule has 0 aliphatic carbocycles. The van der Waals surface area contributed by atoms with Crippen LogP contribution in [0.2, 0.25) is 0 Å². The standard InChI is InChI=1S/C6H5.2C2H2.Li/c1-2-4-6-5-3-1;2*1-2;/h1-5H;2*1-2H;. The number of hydrogen-bond donors (Lipinski definition) is 0. The fraction of sp³-hybridized carbons (Fsp3) is 0. The van der Waals surface area contributed by atoms with Crippen LogP contribution in [0.5, 0.6) is 0 Å². The minimum absolute atomic E-state index is 1.32. The van der Waals surface area contributed by atoms with Gasteiger partial charge in [-0.05, 0) is 0 Å². The fourth-order valence-corrected chi connectivity index (χ4v) is 0.534. The Morgan fingerprint density at radius 1 is 0.818 bits per heavy atom. The van der Waals surface area contributed by atoms with Crippen LogP contribution in [-0.4, -0.2) is 17.7 Å². The molecule has 0 bridgehead atoms. The topological polar surface area (TPSA) is 0 Å². The Hall–Kier alpha value is -1.06. The molecule has 0 aliphatic heterocycles. The van der Waals surface area contributed by atoms with Gasteiger partial charge in [-0.25, -0.2) is 0 Å². The molecule has 0 N–H and O–H groups in total. The Balaban J connectivity index is 0. The second-order valence-electron chi connectivity index (χ2n) is 1.65. The molecule has 1 aromatic carbocycles. The summed E-state index contributed by atoms with van der Waals surface area (Å²) < 4.78 is 1.32. The van der Waals surface area contributed by atoms with E-state index >= 15 is 0 Å². The molecule has 0 unspecified atom stereocenters. The summed E-state index contributed by atoms with van der Waals surface area (Å²) in [4.78, 5) is 0. The third-order valence-corrected chi connectivity index (χ3v) is 0.940. The number of terminal acetylenes is 2. The molecular formula is C10H9Li. The van der Waals surface area contributed by atoms with E-state index < -0.39 is 0 Å². The number of hydrogen-bond acceptors (Lipinski definition) is 0. The average molecular weight is 136 g/mol. The van der Waals surface area contributed by atoms with Crippen molar-refractivity contribution in [2.24, 2.45) is 0 Å². The van der Waals surface area contributed by atoms with Gasteiger partial charge in [0.2, 0.25) is 0 Å². The molecule has 0 spiro atoms.